The van der Waals surface area contributed by atoms with Gasteiger partial charge in [0.2, 0.25) is 0 Å². The molecule has 1 aromatic carbocycles. The lowest BCUT2D eigenvalue weighted by Crippen LogP contribution is -2.14. The average molecular weight is 297 g/mol. The van der Waals surface area contributed by atoms with E-state index in [2.05, 4.69) is 9.71 Å². The van der Waals surface area contributed by atoms with Crippen LogP contribution in [0.25, 0.3) is 0 Å². The molecular formula is C13H13ClN2O2S. The second kappa shape index (κ2) is 5.59. The highest BCUT2D eigenvalue weighted by molar-refractivity contribution is 7.92. The van der Waals surface area contributed by atoms with E-state index in [1.807, 2.05) is 19.1 Å². The number of para-hydroxylation sites is 1. The number of aryl methyl sites for hydroxylation is 1. The standard InChI is InChI=1S/C13H13ClN2O2S/c1-2-10-5-3-4-6-12(10)16-19(17,18)11-7-8-15-13(14)9-11/h3-9,16H,2H2,1H3. The normalized spacial score (nSPS) is 11.3. The molecule has 4 nitrogen and oxygen atoms in total. The topological polar surface area (TPSA) is 59.1 Å². The van der Waals surface area contributed by atoms with E-state index >= 15 is 0 Å². The highest BCUT2D eigenvalue weighted by Crippen LogP contribution is 2.21. The van der Waals surface area contributed by atoms with E-state index in [4.69, 9.17) is 11.6 Å². The number of halogens is 1. The van der Waals surface area contributed by atoms with Crippen molar-refractivity contribution in [2.75, 3.05) is 4.72 Å². The molecule has 0 saturated carbocycles. The van der Waals surface area contributed by atoms with Crippen molar-refractivity contribution in [2.45, 2.75) is 18.2 Å². The van der Waals surface area contributed by atoms with E-state index in [1.54, 1.807) is 12.1 Å². The highest BCUT2D eigenvalue weighted by atomic mass is 35.5. The van der Waals surface area contributed by atoms with E-state index in [-0.39, 0.29) is 10.0 Å². The molecule has 0 aliphatic rings. The predicted molar refractivity (Wildman–Crippen MR) is 75.9 cm³/mol. The van der Waals surface area contributed by atoms with Gasteiger partial charge in [-0.2, -0.15) is 0 Å². The molecule has 1 N–H and O–H groups in total. The number of pyridine rings is 1. The third kappa shape index (κ3) is 3.24. The summed E-state index contributed by atoms with van der Waals surface area (Å²) in [5, 5.41) is 0.145. The Balaban J connectivity index is 2.37. The maximum absolute atomic E-state index is 12.2. The van der Waals surface area contributed by atoms with Crippen LogP contribution in [0, 0.1) is 0 Å². The van der Waals surface area contributed by atoms with Crippen LogP contribution in [0.2, 0.25) is 5.15 Å². The van der Waals surface area contributed by atoms with E-state index in [9.17, 15) is 8.42 Å². The lowest BCUT2D eigenvalue weighted by atomic mass is 10.1. The number of aromatic nitrogens is 1. The van der Waals surface area contributed by atoms with Crippen LogP contribution in [0.5, 0.6) is 0 Å². The van der Waals surface area contributed by atoms with Crippen LogP contribution in [-0.4, -0.2) is 13.4 Å². The third-order valence-electron chi connectivity index (χ3n) is 2.65. The molecule has 0 unspecified atom stereocenters. The Hall–Kier alpha value is -1.59. The van der Waals surface area contributed by atoms with Gasteiger partial charge in [0.15, 0.2) is 0 Å². The zero-order valence-electron chi connectivity index (χ0n) is 10.3. The second-order valence-electron chi connectivity index (χ2n) is 3.93. The van der Waals surface area contributed by atoms with Crippen LogP contribution >= 0.6 is 11.6 Å². The number of nitrogens with one attached hydrogen (secondary N) is 1. The number of sulfonamides is 1. The Bertz CT molecular complexity index is 687. The van der Waals surface area contributed by atoms with Crippen molar-refractivity contribution in [3.8, 4) is 0 Å². The molecule has 100 valence electrons. The van der Waals surface area contributed by atoms with Gasteiger partial charge in [-0.3, -0.25) is 4.72 Å². The molecule has 2 rings (SSSR count). The molecule has 0 fully saturated rings. The molecule has 2 aromatic rings. The molecule has 0 bridgehead atoms. The Labute approximate surface area is 117 Å². The summed E-state index contributed by atoms with van der Waals surface area (Å²) in [6, 6.07) is 10.0. The molecule has 0 spiro atoms. The number of hydrogen-bond donors (Lipinski definition) is 1. The number of rotatable bonds is 4. The molecule has 19 heavy (non-hydrogen) atoms. The van der Waals surface area contributed by atoms with Gasteiger partial charge in [0.05, 0.1) is 10.6 Å². The van der Waals surface area contributed by atoms with E-state index in [0.717, 1.165) is 12.0 Å². The van der Waals surface area contributed by atoms with Gasteiger partial charge < -0.3 is 0 Å². The molecular weight excluding hydrogens is 284 g/mol. The van der Waals surface area contributed by atoms with Crippen molar-refractivity contribution < 1.29 is 8.42 Å². The van der Waals surface area contributed by atoms with Gasteiger partial charge in [0, 0.05) is 6.20 Å². The Morgan fingerprint density at radius 2 is 2.00 bits per heavy atom. The minimum atomic E-state index is -3.64. The molecule has 0 aliphatic carbocycles. The van der Waals surface area contributed by atoms with Gasteiger partial charge >= 0.3 is 0 Å². The zero-order valence-corrected chi connectivity index (χ0v) is 11.9. The quantitative estimate of drug-likeness (QED) is 0.882. The SMILES string of the molecule is CCc1ccccc1NS(=O)(=O)c1ccnc(Cl)c1. The lowest BCUT2D eigenvalue weighted by Gasteiger charge is -2.11. The summed E-state index contributed by atoms with van der Waals surface area (Å²) >= 11 is 5.71. The number of benzene rings is 1. The maximum Gasteiger partial charge on any atom is 0.262 e. The van der Waals surface area contributed by atoms with Crippen molar-refractivity contribution in [3.05, 3.63) is 53.3 Å². The number of hydrogen-bond acceptors (Lipinski definition) is 3. The monoisotopic (exact) mass is 296 g/mol. The van der Waals surface area contributed by atoms with Gasteiger partial charge in [0.1, 0.15) is 5.15 Å². The van der Waals surface area contributed by atoms with Crippen LogP contribution in [0.4, 0.5) is 5.69 Å². The van der Waals surface area contributed by atoms with Crippen molar-refractivity contribution in [1.29, 1.82) is 0 Å². The van der Waals surface area contributed by atoms with Gasteiger partial charge in [-0.1, -0.05) is 36.7 Å². The molecule has 1 heterocycles. The largest absolute Gasteiger partial charge is 0.279 e. The Morgan fingerprint density at radius 3 is 2.68 bits per heavy atom. The lowest BCUT2D eigenvalue weighted by molar-refractivity contribution is 0.601. The summed E-state index contributed by atoms with van der Waals surface area (Å²) in [7, 11) is -3.64. The first-order chi connectivity index (χ1) is 9.03. The van der Waals surface area contributed by atoms with Gasteiger partial charge in [-0.05, 0) is 30.2 Å². The van der Waals surface area contributed by atoms with Crippen LogP contribution < -0.4 is 4.72 Å². The van der Waals surface area contributed by atoms with Crippen LogP contribution in [0.1, 0.15) is 12.5 Å². The zero-order chi connectivity index (χ0) is 13.9. The van der Waals surface area contributed by atoms with Crippen molar-refractivity contribution in [1.82, 2.24) is 4.98 Å². The number of anilines is 1. The van der Waals surface area contributed by atoms with Gasteiger partial charge in [-0.25, -0.2) is 13.4 Å². The summed E-state index contributed by atoms with van der Waals surface area (Å²) in [5.41, 5.74) is 1.52. The van der Waals surface area contributed by atoms with Crippen molar-refractivity contribution in [2.24, 2.45) is 0 Å². The molecule has 0 atom stereocenters. The van der Waals surface area contributed by atoms with Crippen LogP contribution in [0.3, 0.4) is 0 Å². The molecule has 0 radical (unpaired) electrons. The van der Waals surface area contributed by atoms with Crippen LogP contribution in [-0.2, 0) is 16.4 Å². The summed E-state index contributed by atoms with van der Waals surface area (Å²) in [4.78, 5) is 3.86. The Kier molecular flexibility index (Phi) is 4.07. The van der Waals surface area contributed by atoms with Crippen molar-refractivity contribution >= 4 is 27.3 Å². The minimum absolute atomic E-state index is 0.0957. The summed E-state index contributed by atoms with van der Waals surface area (Å²) < 4.78 is 27.0. The second-order valence-corrected chi connectivity index (χ2v) is 6.00. The highest BCUT2D eigenvalue weighted by Gasteiger charge is 2.16. The van der Waals surface area contributed by atoms with E-state index in [1.165, 1.54) is 18.3 Å². The summed E-state index contributed by atoms with van der Waals surface area (Å²) in [6.07, 6.45) is 2.11. The molecule has 1 aromatic heterocycles. The average Bonchev–Trinajstić information content (AvgIpc) is 2.39. The molecule has 0 aliphatic heterocycles. The first-order valence-corrected chi connectivity index (χ1v) is 7.61. The van der Waals surface area contributed by atoms with Crippen LogP contribution in [0.15, 0.2) is 47.5 Å². The van der Waals surface area contributed by atoms with Crippen molar-refractivity contribution in [3.63, 3.8) is 0 Å². The number of nitrogens with zero attached hydrogens (tertiary/aromatic N) is 1. The third-order valence-corrected chi connectivity index (χ3v) is 4.22. The van der Waals surface area contributed by atoms with E-state index < -0.39 is 10.0 Å². The van der Waals surface area contributed by atoms with Gasteiger partial charge in [-0.15, -0.1) is 0 Å². The summed E-state index contributed by atoms with van der Waals surface area (Å²) in [5.74, 6) is 0. The van der Waals surface area contributed by atoms with Gasteiger partial charge in [0.25, 0.3) is 10.0 Å². The molecule has 0 amide bonds. The maximum atomic E-state index is 12.2. The fraction of sp³-hybridized carbons (Fsp3) is 0.154. The molecule has 0 saturated heterocycles. The molecule has 6 heteroatoms. The fourth-order valence-corrected chi connectivity index (χ4v) is 3.04. The minimum Gasteiger partial charge on any atom is -0.279 e. The smallest absolute Gasteiger partial charge is 0.262 e. The first-order valence-electron chi connectivity index (χ1n) is 5.75. The van der Waals surface area contributed by atoms with E-state index in [0.29, 0.717) is 5.69 Å². The Morgan fingerprint density at radius 1 is 1.26 bits per heavy atom. The summed E-state index contributed by atoms with van der Waals surface area (Å²) in [6.45, 7) is 1.97. The predicted octanol–water partition coefficient (Wildman–Crippen LogP) is 3.10. The first kappa shape index (κ1) is 13.8. The fourth-order valence-electron chi connectivity index (χ4n) is 1.68.